The van der Waals surface area contributed by atoms with Gasteiger partial charge in [-0.1, -0.05) is 96.1 Å². The summed E-state index contributed by atoms with van der Waals surface area (Å²) in [6.45, 7) is 22.2. The third kappa shape index (κ3) is 6.17. The van der Waals surface area contributed by atoms with Gasteiger partial charge in [0, 0.05) is 31.4 Å². The molecule has 2 aromatic carbocycles. The lowest BCUT2D eigenvalue weighted by Crippen LogP contribution is -2.65. The largest absolute Gasteiger partial charge is 0.456 e. The first-order valence-electron chi connectivity index (χ1n) is 18.3. The summed E-state index contributed by atoms with van der Waals surface area (Å²) in [5.41, 5.74) is 4.29. The van der Waals surface area contributed by atoms with Crippen molar-refractivity contribution >= 4 is 26.1 Å². The first kappa shape index (κ1) is 36.5. The Morgan fingerprint density at radius 2 is 1.56 bits per heavy atom. The van der Waals surface area contributed by atoms with E-state index in [9.17, 15) is 14.4 Å². The summed E-state index contributed by atoms with van der Waals surface area (Å²) in [5, 5.41) is -0.0265. The number of methoxy groups -OCH3 is 1. The van der Waals surface area contributed by atoms with Crippen LogP contribution in [-0.2, 0) is 40.3 Å². The summed E-state index contributed by atoms with van der Waals surface area (Å²) in [7, 11) is -0.548. The van der Waals surface area contributed by atoms with Crippen molar-refractivity contribution in [2.75, 3.05) is 13.7 Å². The van der Waals surface area contributed by atoms with Gasteiger partial charge in [-0.2, -0.15) is 0 Å². The van der Waals surface area contributed by atoms with Gasteiger partial charge in [-0.15, -0.1) is 0 Å². The Labute approximate surface area is 299 Å². The molecule has 2 amide bonds. The fraction of sp³-hybridized carbons (Fsp3) is 0.585. The van der Waals surface area contributed by atoms with Gasteiger partial charge in [0.2, 0.25) is 11.8 Å². The number of hydrogen-bond acceptors (Lipinski definition) is 6. The van der Waals surface area contributed by atoms with Gasteiger partial charge < -0.3 is 23.7 Å². The molecule has 2 saturated heterocycles. The van der Waals surface area contributed by atoms with E-state index in [-0.39, 0.29) is 64.8 Å². The zero-order chi connectivity index (χ0) is 36.5. The van der Waals surface area contributed by atoms with Crippen molar-refractivity contribution in [3.8, 4) is 0 Å². The Morgan fingerprint density at radius 3 is 2.14 bits per heavy atom. The van der Waals surface area contributed by atoms with Crippen molar-refractivity contribution in [3.05, 3.63) is 82.6 Å². The van der Waals surface area contributed by atoms with Crippen LogP contribution in [0.1, 0.15) is 84.5 Å². The Balaban J connectivity index is 1.33. The molecular weight excluding hydrogens is 645 g/mol. The highest BCUT2D eigenvalue weighted by Gasteiger charge is 2.67. The van der Waals surface area contributed by atoms with Crippen LogP contribution in [0.15, 0.2) is 65.9 Å². The molecule has 6 rings (SSSR count). The summed E-state index contributed by atoms with van der Waals surface area (Å²) in [4.78, 5) is 46.3. The van der Waals surface area contributed by atoms with E-state index < -0.39 is 26.3 Å². The third-order valence-corrected chi connectivity index (χ3v) is 17.0. The molecule has 0 N–H and O–H groups in total. The molecule has 2 aromatic rings. The number of likely N-dealkylation sites (tertiary alicyclic amines) is 1. The van der Waals surface area contributed by atoms with Gasteiger partial charge in [-0.25, -0.2) is 4.79 Å². The number of ether oxygens (including phenoxy) is 2. The molecule has 3 fully saturated rings. The minimum atomic E-state index is -2.20. The molecule has 0 spiro atoms. The maximum atomic E-state index is 14.2. The first-order chi connectivity index (χ1) is 23.4. The predicted octanol–water partition coefficient (Wildman–Crippen LogP) is 7.40. The summed E-state index contributed by atoms with van der Waals surface area (Å²) < 4.78 is 19.1. The number of esters is 1. The van der Waals surface area contributed by atoms with E-state index in [1.54, 1.807) is 12.0 Å². The lowest BCUT2D eigenvalue weighted by molar-refractivity contribution is -0.164. The van der Waals surface area contributed by atoms with Gasteiger partial charge in [0.1, 0.15) is 12.3 Å². The Hall–Kier alpha value is -3.27. The number of benzene rings is 2. The second-order valence-electron chi connectivity index (χ2n) is 17.5. The third-order valence-electron chi connectivity index (χ3n) is 12.4. The van der Waals surface area contributed by atoms with Gasteiger partial charge in [0.15, 0.2) is 8.32 Å². The minimum absolute atomic E-state index is 0.0134. The molecule has 50 heavy (non-hydrogen) atoms. The fourth-order valence-corrected chi connectivity index (χ4v) is 9.98. The SMILES string of the molecule is CO[C@H]1C2=C(C(=O)OCc3ccc(C(C)(C)C)cc3)N3C(=O)[C@H]([C@@H](C)O[Si](C)(C)C(C)(C)C)C3[C@H]2C[C@@H]2C(=O)N([C@@H](C)c3ccccc3)C[C@@H]21. The van der Waals surface area contributed by atoms with Crippen LogP contribution in [0.25, 0.3) is 0 Å². The van der Waals surface area contributed by atoms with Gasteiger partial charge in [0.25, 0.3) is 0 Å². The van der Waals surface area contributed by atoms with Crippen LogP contribution in [0, 0.1) is 23.7 Å². The standard InChI is InChI=1S/C41H56N2O6Si/c1-24(27-15-13-12-14-16-27)42-22-31-29(37(42)44)21-30-33(36(31)47-9)35(39(46)48-23-26-17-19-28(20-18-26)40(3,4)5)43-34(30)32(38(43)45)25(2)49-50(10,11)41(6,7)8/h12-20,24-25,29-32,34,36H,21-23H2,1-11H3/t24-,25+,29-,30-,31-,32+,34?,36+/m0/s1. The summed E-state index contributed by atoms with van der Waals surface area (Å²) >= 11 is 0. The normalized spacial score (nSPS) is 27.8. The molecule has 3 heterocycles. The molecule has 8 atom stereocenters. The van der Waals surface area contributed by atoms with E-state index in [1.165, 1.54) is 5.56 Å². The van der Waals surface area contributed by atoms with E-state index in [2.05, 4.69) is 85.8 Å². The predicted molar refractivity (Wildman–Crippen MR) is 196 cm³/mol. The number of β-lactam (4-membered cyclic amide) rings is 1. The highest BCUT2D eigenvalue weighted by molar-refractivity contribution is 6.74. The monoisotopic (exact) mass is 700 g/mol. The average molecular weight is 701 g/mol. The summed E-state index contributed by atoms with van der Waals surface area (Å²) in [5.74, 6) is -1.58. The van der Waals surface area contributed by atoms with Gasteiger partial charge >= 0.3 is 5.97 Å². The van der Waals surface area contributed by atoms with Crippen LogP contribution in [0.3, 0.4) is 0 Å². The smallest absolute Gasteiger partial charge is 0.355 e. The fourth-order valence-electron chi connectivity index (χ4n) is 8.55. The Morgan fingerprint density at radius 1 is 0.920 bits per heavy atom. The van der Waals surface area contributed by atoms with E-state index in [0.717, 1.165) is 16.7 Å². The number of rotatable bonds is 9. The van der Waals surface area contributed by atoms with Crippen LogP contribution in [0.4, 0.5) is 0 Å². The molecule has 3 aliphatic heterocycles. The quantitative estimate of drug-likeness (QED) is 0.154. The van der Waals surface area contributed by atoms with E-state index in [4.69, 9.17) is 13.9 Å². The molecular formula is C41H56N2O6Si. The highest BCUT2D eigenvalue weighted by atomic mass is 28.4. The molecule has 270 valence electrons. The zero-order valence-electron chi connectivity index (χ0n) is 31.8. The maximum absolute atomic E-state index is 14.2. The van der Waals surface area contributed by atoms with Crippen molar-refractivity contribution in [3.63, 3.8) is 0 Å². The topological polar surface area (TPSA) is 85.4 Å². The number of carbonyl (C=O) groups is 3. The van der Waals surface area contributed by atoms with Crippen LogP contribution in [0.5, 0.6) is 0 Å². The number of nitrogens with zero attached hydrogens (tertiary/aromatic N) is 2. The van der Waals surface area contributed by atoms with Crippen LogP contribution < -0.4 is 0 Å². The molecule has 8 nitrogen and oxygen atoms in total. The van der Waals surface area contributed by atoms with Gasteiger partial charge in [-0.3, -0.25) is 9.59 Å². The van der Waals surface area contributed by atoms with Crippen LogP contribution in [0.2, 0.25) is 18.1 Å². The molecule has 1 unspecified atom stereocenters. The van der Waals surface area contributed by atoms with Crippen molar-refractivity contribution < 1.29 is 28.3 Å². The average Bonchev–Trinajstić information content (AvgIpc) is 3.53. The Kier molecular flexibility index (Phi) is 9.53. The molecule has 1 saturated carbocycles. The lowest BCUT2D eigenvalue weighted by atomic mass is 9.65. The van der Waals surface area contributed by atoms with Crippen molar-refractivity contribution in [2.45, 2.75) is 116 Å². The Bertz CT molecular complexity index is 1660. The first-order valence-corrected chi connectivity index (χ1v) is 21.2. The number of amides is 2. The number of fused-ring (bicyclic) bond motifs is 4. The highest BCUT2D eigenvalue weighted by Crippen LogP contribution is 2.58. The number of carbonyl (C=O) groups excluding carboxylic acids is 3. The molecule has 0 bridgehead atoms. The molecule has 1 aliphatic carbocycles. The van der Waals surface area contributed by atoms with Crippen LogP contribution in [-0.4, -0.2) is 67.8 Å². The lowest BCUT2D eigenvalue weighted by Gasteiger charge is -2.51. The van der Waals surface area contributed by atoms with E-state index >= 15 is 0 Å². The van der Waals surface area contributed by atoms with Crippen LogP contribution >= 0.6 is 0 Å². The summed E-state index contributed by atoms with van der Waals surface area (Å²) in [6, 6.07) is 17.8. The maximum Gasteiger partial charge on any atom is 0.355 e. The minimum Gasteiger partial charge on any atom is -0.456 e. The molecule has 0 radical (unpaired) electrons. The van der Waals surface area contributed by atoms with Crippen molar-refractivity contribution in [2.24, 2.45) is 23.7 Å². The second-order valence-corrected chi connectivity index (χ2v) is 22.2. The van der Waals surface area contributed by atoms with Gasteiger partial charge in [0.05, 0.1) is 30.2 Å². The molecule has 0 aromatic heterocycles. The molecule has 4 aliphatic rings. The van der Waals surface area contributed by atoms with Crippen molar-refractivity contribution in [1.29, 1.82) is 0 Å². The van der Waals surface area contributed by atoms with Crippen molar-refractivity contribution in [1.82, 2.24) is 9.80 Å². The number of hydrogen-bond donors (Lipinski definition) is 0. The molecule has 9 heteroatoms. The van der Waals surface area contributed by atoms with Gasteiger partial charge in [-0.05, 0) is 66.1 Å². The zero-order valence-corrected chi connectivity index (χ0v) is 32.8. The van der Waals surface area contributed by atoms with E-state index in [0.29, 0.717) is 18.7 Å². The van der Waals surface area contributed by atoms with E-state index in [1.807, 2.05) is 42.2 Å². The summed E-state index contributed by atoms with van der Waals surface area (Å²) in [6.07, 6.45) is -0.283. The second kappa shape index (κ2) is 13.0.